The third-order valence-corrected chi connectivity index (χ3v) is 4.78. The van der Waals surface area contributed by atoms with E-state index >= 15 is 0 Å². The van der Waals surface area contributed by atoms with Crippen LogP contribution in [0.2, 0.25) is 0 Å². The molecule has 0 aliphatic rings. The van der Waals surface area contributed by atoms with Crippen LogP contribution < -0.4 is 0 Å². The standard InChI is InChI=1S/C17H14F2N2O3S/c1-9-5-4-6-14(20-9)16-15(10(2)24-21-16)11-7-12(18)17(13(19)8-11)25(3,22)23/h4-8H,1-3H3. The number of sulfone groups is 1. The van der Waals surface area contributed by atoms with Crippen molar-refractivity contribution in [3.63, 3.8) is 0 Å². The molecule has 25 heavy (non-hydrogen) atoms. The molecule has 3 aromatic rings. The minimum atomic E-state index is -4.03. The lowest BCUT2D eigenvalue weighted by Crippen LogP contribution is -2.05. The molecule has 0 atom stereocenters. The van der Waals surface area contributed by atoms with Gasteiger partial charge in [-0.05, 0) is 43.7 Å². The summed E-state index contributed by atoms with van der Waals surface area (Å²) in [4.78, 5) is 3.38. The zero-order valence-electron chi connectivity index (χ0n) is 13.7. The van der Waals surface area contributed by atoms with Gasteiger partial charge in [0.2, 0.25) is 0 Å². The van der Waals surface area contributed by atoms with Crippen LogP contribution in [-0.4, -0.2) is 24.8 Å². The summed E-state index contributed by atoms with van der Waals surface area (Å²) in [5, 5.41) is 3.93. The second kappa shape index (κ2) is 6.03. The number of nitrogens with zero attached hydrogens (tertiary/aromatic N) is 2. The summed E-state index contributed by atoms with van der Waals surface area (Å²) >= 11 is 0. The molecule has 0 bridgehead atoms. The maximum atomic E-state index is 14.2. The molecule has 5 nitrogen and oxygen atoms in total. The Morgan fingerprint density at radius 1 is 1.08 bits per heavy atom. The van der Waals surface area contributed by atoms with Crippen molar-refractivity contribution >= 4 is 9.84 Å². The number of hydrogen-bond donors (Lipinski definition) is 0. The number of hydrogen-bond acceptors (Lipinski definition) is 5. The predicted molar refractivity (Wildman–Crippen MR) is 87.7 cm³/mol. The fraction of sp³-hybridized carbons (Fsp3) is 0.176. The monoisotopic (exact) mass is 364 g/mol. The van der Waals surface area contributed by atoms with Gasteiger partial charge in [-0.2, -0.15) is 0 Å². The predicted octanol–water partition coefficient (Wildman–Crippen LogP) is 3.70. The maximum Gasteiger partial charge on any atom is 0.181 e. The largest absolute Gasteiger partial charge is 0.360 e. The van der Waals surface area contributed by atoms with Crippen LogP contribution in [0.4, 0.5) is 8.78 Å². The lowest BCUT2D eigenvalue weighted by Gasteiger charge is -2.08. The van der Waals surface area contributed by atoms with E-state index in [2.05, 4.69) is 10.1 Å². The number of aryl methyl sites for hydroxylation is 2. The van der Waals surface area contributed by atoms with Gasteiger partial charge in [-0.3, -0.25) is 4.98 Å². The van der Waals surface area contributed by atoms with Gasteiger partial charge in [0.25, 0.3) is 0 Å². The molecule has 0 fully saturated rings. The summed E-state index contributed by atoms with van der Waals surface area (Å²) in [5.41, 5.74) is 2.04. The highest BCUT2D eigenvalue weighted by Crippen LogP contribution is 2.35. The van der Waals surface area contributed by atoms with Gasteiger partial charge in [-0.25, -0.2) is 17.2 Å². The molecular formula is C17H14F2N2O3S. The van der Waals surface area contributed by atoms with Gasteiger partial charge in [0, 0.05) is 11.9 Å². The fourth-order valence-corrected chi connectivity index (χ4v) is 3.45. The molecule has 0 radical (unpaired) electrons. The average molecular weight is 364 g/mol. The van der Waals surface area contributed by atoms with E-state index in [1.807, 2.05) is 0 Å². The molecule has 0 aliphatic heterocycles. The topological polar surface area (TPSA) is 73.1 Å². The van der Waals surface area contributed by atoms with Crippen molar-refractivity contribution in [2.45, 2.75) is 18.7 Å². The molecule has 0 N–H and O–H groups in total. The molecule has 3 rings (SSSR count). The van der Waals surface area contributed by atoms with Crippen LogP contribution in [0, 0.1) is 25.5 Å². The van der Waals surface area contributed by atoms with Crippen LogP contribution in [0.15, 0.2) is 39.8 Å². The Morgan fingerprint density at radius 2 is 1.72 bits per heavy atom. The normalized spacial score (nSPS) is 11.7. The van der Waals surface area contributed by atoms with Crippen molar-refractivity contribution in [2.24, 2.45) is 0 Å². The number of rotatable bonds is 3. The molecule has 1 aromatic carbocycles. The average Bonchev–Trinajstić information content (AvgIpc) is 2.86. The second-order valence-electron chi connectivity index (χ2n) is 5.67. The SMILES string of the molecule is Cc1cccc(-c2noc(C)c2-c2cc(F)c(S(C)(=O)=O)c(F)c2)n1. The first-order valence-corrected chi connectivity index (χ1v) is 9.17. The third kappa shape index (κ3) is 3.17. The number of benzene rings is 1. The van der Waals surface area contributed by atoms with Crippen LogP contribution in [0.1, 0.15) is 11.5 Å². The van der Waals surface area contributed by atoms with E-state index in [4.69, 9.17) is 4.52 Å². The molecule has 0 unspecified atom stereocenters. The number of aromatic nitrogens is 2. The summed E-state index contributed by atoms with van der Waals surface area (Å²) in [7, 11) is -4.03. The molecule has 2 heterocycles. The second-order valence-corrected chi connectivity index (χ2v) is 7.62. The minimum Gasteiger partial charge on any atom is -0.360 e. The van der Waals surface area contributed by atoms with Gasteiger partial charge < -0.3 is 4.52 Å². The van der Waals surface area contributed by atoms with Crippen molar-refractivity contribution in [3.05, 3.63) is 53.4 Å². The first-order valence-electron chi connectivity index (χ1n) is 7.28. The fourth-order valence-electron chi connectivity index (χ4n) is 2.62. The number of pyridine rings is 1. The van der Waals surface area contributed by atoms with Crippen LogP contribution in [-0.2, 0) is 9.84 Å². The summed E-state index contributed by atoms with van der Waals surface area (Å²) in [6.45, 7) is 3.40. The molecule has 0 saturated carbocycles. The molecule has 0 aliphatic carbocycles. The molecule has 0 spiro atoms. The van der Waals surface area contributed by atoms with E-state index in [0.29, 0.717) is 22.7 Å². The van der Waals surface area contributed by atoms with E-state index < -0.39 is 26.4 Å². The van der Waals surface area contributed by atoms with E-state index in [9.17, 15) is 17.2 Å². The smallest absolute Gasteiger partial charge is 0.181 e. The van der Waals surface area contributed by atoms with Crippen LogP contribution in [0.25, 0.3) is 22.5 Å². The molecule has 0 saturated heterocycles. The quantitative estimate of drug-likeness (QED) is 0.708. The lowest BCUT2D eigenvalue weighted by atomic mass is 10.0. The third-order valence-electron chi connectivity index (χ3n) is 3.65. The van der Waals surface area contributed by atoms with E-state index in [0.717, 1.165) is 24.1 Å². The molecular weight excluding hydrogens is 350 g/mol. The van der Waals surface area contributed by atoms with Gasteiger partial charge >= 0.3 is 0 Å². The molecule has 8 heteroatoms. The zero-order valence-corrected chi connectivity index (χ0v) is 14.5. The van der Waals surface area contributed by atoms with Crippen molar-refractivity contribution < 1.29 is 21.7 Å². The van der Waals surface area contributed by atoms with Crippen molar-refractivity contribution in [3.8, 4) is 22.5 Å². The number of halogens is 2. The Balaban J connectivity index is 2.24. The molecule has 130 valence electrons. The van der Waals surface area contributed by atoms with Gasteiger partial charge in [0.1, 0.15) is 28.0 Å². The summed E-state index contributed by atoms with van der Waals surface area (Å²) < 4.78 is 56.7. The highest BCUT2D eigenvalue weighted by Gasteiger charge is 2.24. The van der Waals surface area contributed by atoms with E-state index in [-0.39, 0.29) is 5.56 Å². The first-order chi connectivity index (χ1) is 11.7. The highest BCUT2D eigenvalue weighted by molar-refractivity contribution is 7.90. The van der Waals surface area contributed by atoms with Gasteiger partial charge in [0.05, 0.1) is 11.3 Å². The summed E-state index contributed by atoms with van der Waals surface area (Å²) in [6.07, 6.45) is 0.751. The Labute approximate surface area is 143 Å². The zero-order chi connectivity index (χ0) is 18.4. The Hall–Kier alpha value is -2.61. The Kier molecular flexibility index (Phi) is 4.16. The Bertz CT molecular complexity index is 1050. The van der Waals surface area contributed by atoms with Gasteiger partial charge in [-0.15, -0.1) is 0 Å². The lowest BCUT2D eigenvalue weighted by molar-refractivity contribution is 0.400. The molecule has 0 amide bonds. The Morgan fingerprint density at radius 3 is 2.28 bits per heavy atom. The van der Waals surface area contributed by atoms with Crippen molar-refractivity contribution in [2.75, 3.05) is 6.26 Å². The minimum absolute atomic E-state index is 0.124. The van der Waals surface area contributed by atoms with Crippen LogP contribution in [0.3, 0.4) is 0 Å². The van der Waals surface area contributed by atoms with Crippen molar-refractivity contribution in [1.82, 2.24) is 10.1 Å². The summed E-state index contributed by atoms with van der Waals surface area (Å²) in [5.74, 6) is -1.99. The molecule has 2 aromatic heterocycles. The van der Waals surface area contributed by atoms with Gasteiger partial charge in [0.15, 0.2) is 9.84 Å². The first kappa shape index (κ1) is 17.2. The van der Waals surface area contributed by atoms with Crippen LogP contribution >= 0.6 is 0 Å². The highest BCUT2D eigenvalue weighted by atomic mass is 32.2. The maximum absolute atomic E-state index is 14.2. The summed E-state index contributed by atoms with van der Waals surface area (Å²) in [6, 6.07) is 7.19. The van der Waals surface area contributed by atoms with E-state index in [1.54, 1.807) is 32.0 Å². The van der Waals surface area contributed by atoms with Crippen LogP contribution in [0.5, 0.6) is 0 Å². The van der Waals surface area contributed by atoms with Crippen molar-refractivity contribution in [1.29, 1.82) is 0 Å². The van der Waals surface area contributed by atoms with Gasteiger partial charge in [-0.1, -0.05) is 11.2 Å². The van der Waals surface area contributed by atoms with E-state index in [1.165, 1.54) is 0 Å².